The van der Waals surface area contributed by atoms with Gasteiger partial charge in [0.2, 0.25) is 0 Å². The molecule has 30 heavy (non-hydrogen) atoms. The smallest absolute Gasteiger partial charge is 0.356 e. The first-order valence-corrected chi connectivity index (χ1v) is 10.9. The molecule has 2 aliphatic heterocycles. The highest BCUT2D eigenvalue weighted by atomic mass is 32.1. The Morgan fingerprint density at radius 2 is 1.97 bits per heavy atom. The number of thiophene rings is 1. The molecule has 0 N–H and O–H groups in total. The van der Waals surface area contributed by atoms with Crippen LogP contribution >= 0.6 is 11.3 Å². The second kappa shape index (κ2) is 7.81. The van der Waals surface area contributed by atoms with Gasteiger partial charge >= 0.3 is 6.18 Å². The molecule has 2 aliphatic rings. The molecule has 2 fully saturated rings. The molecule has 0 unspecified atom stereocenters. The lowest BCUT2D eigenvalue weighted by molar-refractivity contribution is -0.126. The highest BCUT2D eigenvalue weighted by Crippen LogP contribution is 2.38. The Labute approximate surface area is 180 Å². The van der Waals surface area contributed by atoms with Crippen molar-refractivity contribution in [3.63, 3.8) is 0 Å². The van der Waals surface area contributed by atoms with Crippen molar-refractivity contribution in [2.45, 2.75) is 38.0 Å². The van der Waals surface area contributed by atoms with Gasteiger partial charge in [-0.3, -0.25) is 4.90 Å². The van der Waals surface area contributed by atoms with Crippen LogP contribution in [0.2, 0.25) is 0 Å². The summed E-state index contributed by atoms with van der Waals surface area (Å²) in [5, 5.41) is 0.671. The first-order valence-electron chi connectivity index (χ1n) is 11.1. The maximum Gasteiger partial charge on any atom is 0.393 e. The number of hydrogen-bond acceptors (Lipinski definition) is 5. The van der Waals surface area contributed by atoms with Gasteiger partial charge in [0.05, 0.1) is 11.8 Å². The standard InChI is InChI=1S/C22H23F3N4S/c23-22(24,25)11-17-10-18-20(26-14-27-21(18)30-17)29-9-7-19-16(13-29)6-8-28(19)12-15-4-2-1-3-5-15/h1-5,10,14,16,19H,6-9,11-13H2/t16-,19+/m1/s1/i12D2. The zero-order chi connectivity index (χ0) is 22.5. The Kier molecular flexibility index (Phi) is 4.55. The minimum Gasteiger partial charge on any atom is -0.356 e. The van der Waals surface area contributed by atoms with Crippen molar-refractivity contribution in [2.75, 3.05) is 24.5 Å². The molecule has 2 saturated heterocycles. The lowest BCUT2D eigenvalue weighted by Gasteiger charge is -2.38. The predicted octanol–water partition coefficient (Wildman–Crippen LogP) is 4.90. The van der Waals surface area contributed by atoms with E-state index in [0.717, 1.165) is 24.2 Å². The number of fused-ring (bicyclic) bond motifs is 2. The van der Waals surface area contributed by atoms with Gasteiger partial charge < -0.3 is 4.90 Å². The topological polar surface area (TPSA) is 32.3 Å². The van der Waals surface area contributed by atoms with E-state index in [1.165, 1.54) is 6.33 Å². The Balaban J connectivity index is 1.36. The number of rotatable bonds is 4. The molecule has 0 bridgehead atoms. The molecule has 8 heteroatoms. The van der Waals surface area contributed by atoms with Crippen LogP contribution in [0.15, 0.2) is 42.7 Å². The Hall–Kier alpha value is -2.19. The van der Waals surface area contributed by atoms with Crippen LogP contribution in [0.5, 0.6) is 0 Å². The second-order valence-corrected chi connectivity index (χ2v) is 9.06. The zero-order valence-electron chi connectivity index (χ0n) is 18.3. The number of alkyl halides is 3. The van der Waals surface area contributed by atoms with E-state index in [1.54, 1.807) is 6.07 Å². The minimum atomic E-state index is -4.25. The lowest BCUT2D eigenvalue weighted by atomic mass is 9.92. The normalized spacial score (nSPS) is 24.0. The maximum atomic E-state index is 12.9. The number of piperidine rings is 1. The van der Waals surface area contributed by atoms with Gasteiger partial charge in [-0.05, 0) is 36.9 Å². The molecule has 0 saturated carbocycles. The van der Waals surface area contributed by atoms with Gasteiger partial charge in [-0.25, -0.2) is 9.97 Å². The molecule has 2 atom stereocenters. The third kappa shape index (κ3) is 4.03. The lowest BCUT2D eigenvalue weighted by Crippen LogP contribution is -2.46. The van der Waals surface area contributed by atoms with Crippen molar-refractivity contribution in [3.8, 4) is 0 Å². The molecule has 5 rings (SSSR count). The molecule has 3 aromatic rings. The second-order valence-electron chi connectivity index (χ2n) is 7.94. The molecule has 0 radical (unpaired) electrons. The van der Waals surface area contributed by atoms with E-state index < -0.39 is 19.1 Å². The highest BCUT2D eigenvalue weighted by molar-refractivity contribution is 7.18. The summed E-state index contributed by atoms with van der Waals surface area (Å²) in [5.41, 5.74) is 0.663. The number of likely N-dealkylation sites (tertiary alicyclic amines) is 1. The molecule has 0 amide bonds. The van der Waals surface area contributed by atoms with Crippen molar-refractivity contribution in [2.24, 2.45) is 5.92 Å². The van der Waals surface area contributed by atoms with Gasteiger partial charge in [-0.1, -0.05) is 30.3 Å². The average Bonchev–Trinajstić information content (AvgIpc) is 3.36. The molecular formula is C22H23F3N4S. The van der Waals surface area contributed by atoms with Crippen LogP contribution in [-0.4, -0.2) is 46.7 Å². The fraction of sp³-hybridized carbons (Fsp3) is 0.455. The van der Waals surface area contributed by atoms with Gasteiger partial charge in [0.25, 0.3) is 0 Å². The molecule has 0 aliphatic carbocycles. The number of nitrogens with zero attached hydrogens (tertiary/aromatic N) is 4. The van der Waals surface area contributed by atoms with Gasteiger partial charge in [0.15, 0.2) is 0 Å². The van der Waals surface area contributed by atoms with Crippen LogP contribution in [0, 0.1) is 5.92 Å². The van der Waals surface area contributed by atoms with Crippen LogP contribution in [0.25, 0.3) is 10.2 Å². The van der Waals surface area contributed by atoms with E-state index >= 15 is 0 Å². The van der Waals surface area contributed by atoms with Crippen LogP contribution in [0.3, 0.4) is 0 Å². The van der Waals surface area contributed by atoms with Gasteiger partial charge in [0, 0.05) is 33.2 Å². The third-order valence-corrected chi connectivity index (χ3v) is 6.96. The van der Waals surface area contributed by atoms with Crippen molar-refractivity contribution in [1.29, 1.82) is 0 Å². The number of benzene rings is 1. The summed E-state index contributed by atoms with van der Waals surface area (Å²) < 4.78 is 56.1. The van der Waals surface area contributed by atoms with Crippen molar-refractivity contribution >= 4 is 27.4 Å². The van der Waals surface area contributed by atoms with E-state index in [0.29, 0.717) is 41.2 Å². The summed E-state index contributed by atoms with van der Waals surface area (Å²) in [4.78, 5) is 13.5. The van der Waals surface area contributed by atoms with Crippen molar-refractivity contribution < 1.29 is 15.9 Å². The van der Waals surface area contributed by atoms with Crippen LogP contribution in [-0.2, 0) is 12.9 Å². The largest absolute Gasteiger partial charge is 0.393 e. The predicted molar refractivity (Wildman–Crippen MR) is 113 cm³/mol. The summed E-state index contributed by atoms with van der Waals surface area (Å²) in [6.07, 6.45) is -2.13. The SMILES string of the molecule is [2H]C([2H])(c1ccccc1)N1CC[C@@H]2CN(c3ncnc4sc(CC(F)(F)F)cc34)CC[C@@H]21. The minimum absolute atomic E-state index is 0.127. The quantitative estimate of drug-likeness (QED) is 0.585. The Morgan fingerprint density at radius 1 is 1.13 bits per heavy atom. The van der Waals surface area contributed by atoms with Crippen LogP contribution < -0.4 is 4.90 Å². The summed E-state index contributed by atoms with van der Waals surface area (Å²) in [5.74, 6) is 0.962. The Bertz CT molecular complexity index is 1110. The number of anilines is 1. The number of halogens is 3. The Morgan fingerprint density at radius 3 is 2.77 bits per heavy atom. The number of hydrogen-bond donors (Lipinski definition) is 0. The van der Waals surface area contributed by atoms with E-state index in [1.807, 2.05) is 35.2 Å². The van der Waals surface area contributed by atoms with Gasteiger partial charge in [-0.2, -0.15) is 13.2 Å². The van der Waals surface area contributed by atoms with Crippen molar-refractivity contribution in [1.82, 2.24) is 14.9 Å². The van der Waals surface area contributed by atoms with Crippen molar-refractivity contribution in [3.05, 3.63) is 53.2 Å². The van der Waals surface area contributed by atoms with E-state index in [4.69, 9.17) is 2.74 Å². The molecule has 2 aromatic heterocycles. The summed E-state index contributed by atoms with van der Waals surface area (Å²) >= 11 is 1.07. The first-order chi connectivity index (χ1) is 15.2. The first kappa shape index (κ1) is 17.5. The molecular weight excluding hydrogens is 409 g/mol. The van der Waals surface area contributed by atoms with Gasteiger partial charge in [-0.15, -0.1) is 11.3 Å². The monoisotopic (exact) mass is 434 g/mol. The van der Waals surface area contributed by atoms with E-state index in [-0.39, 0.29) is 16.8 Å². The maximum absolute atomic E-state index is 12.9. The highest BCUT2D eigenvalue weighted by Gasteiger charge is 2.39. The fourth-order valence-corrected chi connectivity index (χ4v) is 5.64. The zero-order valence-corrected chi connectivity index (χ0v) is 17.1. The molecule has 158 valence electrons. The number of aromatic nitrogens is 2. The average molecular weight is 435 g/mol. The molecule has 4 heterocycles. The molecule has 4 nitrogen and oxygen atoms in total. The van der Waals surface area contributed by atoms with Crippen LogP contribution in [0.1, 0.15) is 26.0 Å². The van der Waals surface area contributed by atoms with Gasteiger partial charge in [0.1, 0.15) is 17.0 Å². The van der Waals surface area contributed by atoms with E-state index in [9.17, 15) is 13.2 Å². The molecule has 1 aromatic carbocycles. The summed E-state index contributed by atoms with van der Waals surface area (Å²) in [6, 6.07) is 11.0. The third-order valence-electron chi connectivity index (χ3n) is 5.92. The summed E-state index contributed by atoms with van der Waals surface area (Å²) in [6.45, 7) is 0.533. The fourth-order valence-electron chi connectivity index (χ4n) is 4.62. The van der Waals surface area contributed by atoms with Crippen LogP contribution in [0.4, 0.5) is 19.0 Å². The molecule has 0 spiro atoms. The van der Waals surface area contributed by atoms with E-state index in [2.05, 4.69) is 14.9 Å². The summed E-state index contributed by atoms with van der Waals surface area (Å²) in [7, 11) is 0.